The summed E-state index contributed by atoms with van der Waals surface area (Å²) < 4.78 is 23.9. The summed E-state index contributed by atoms with van der Waals surface area (Å²) in [4.78, 5) is 23.0. The van der Waals surface area contributed by atoms with E-state index < -0.39 is 18.0 Å². The summed E-state index contributed by atoms with van der Waals surface area (Å²) in [5, 5.41) is 12.6. The lowest BCUT2D eigenvalue weighted by Crippen LogP contribution is -2.40. The molecule has 0 unspecified atom stereocenters. The number of ether oxygens (including phenoxy) is 1. The molecule has 140 valence electrons. The molecular weight excluding hydrogens is 363 g/mol. The summed E-state index contributed by atoms with van der Waals surface area (Å²) in [6, 6.07) is 5.01. The second kappa shape index (κ2) is 9.76. The SMILES string of the molecule is CCCNC(=O)NC(=O)CSc1nnc([C@@H](C)Oc2ccc(F)cc2)o1. The van der Waals surface area contributed by atoms with Gasteiger partial charge in [0.2, 0.25) is 5.91 Å². The van der Waals surface area contributed by atoms with E-state index in [0.29, 0.717) is 12.3 Å². The molecule has 0 spiro atoms. The minimum absolute atomic E-state index is 0.0472. The molecule has 26 heavy (non-hydrogen) atoms. The van der Waals surface area contributed by atoms with Gasteiger partial charge in [0.25, 0.3) is 11.1 Å². The molecule has 0 aliphatic rings. The predicted molar refractivity (Wildman–Crippen MR) is 92.3 cm³/mol. The van der Waals surface area contributed by atoms with Gasteiger partial charge in [0.1, 0.15) is 11.6 Å². The van der Waals surface area contributed by atoms with Gasteiger partial charge < -0.3 is 14.5 Å². The molecule has 1 aromatic heterocycles. The number of benzene rings is 1. The second-order valence-corrected chi connectivity index (χ2v) is 6.14. The maximum absolute atomic E-state index is 12.9. The Labute approximate surface area is 153 Å². The van der Waals surface area contributed by atoms with Crippen molar-refractivity contribution in [3.8, 4) is 5.75 Å². The fourth-order valence-electron chi connectivity index (χ4n) is 1.78. The molecule has 0 saturated heterocycles. The number of hydrogen-bond donors (Lipinski definition) is 2. The number of aromatic nitrogens is 2. The van der Waals surface area contributed by atoms with Crippen molar-refractivity contribution in [3.63, 3.8) is 0 Å². The van der Waals surface area contributed by atoms with Gasteiger partial charge in [-0.1, -0.05) is 18.7 Å². The van der Waals surface area contributed by atoms with E-state index >= 15 is 0 Å². The highest BCUT2D eigenvalue weighted by molar-refractivity contribution is 7.99. The monoisotopic (exact) mass is 382 g/mol. The summed E-state index contributed by atoms with van der Waals surface area (Å²) in [7, 11) is 0. The summed E-state index contributed by atoms with van der Waals surface area (Å²) in [5.41, 5.74) is 0. The Hall–Kier alpha value is -2.62. The molecule has 3 amide bonds. The first kappa shape index (κ1) is 19.7. The van der Waals surface area contributed by atoms with Crippen molar-refractivity contribution in [3.05, 3.63) is 36.0 Å². The molecule has 2 aromatic rings. The Balaban J connectivity index is 1.80. The number of carbonyl (C=O) groups is 2. The Morgan fingerprint density at radius 2 is 2.04 bits per heavy atom. The molecule has 0 radical (unpaired) electrons. The summed E-state index contributed by atoms with van der Waals surface area (Å²) >= 11 is 1.00. The molecular formula is C16H19FN4O4S. The first-order valence-electron chi connectivity index (χ1n) is 7.94. The highest BCUT2D eigenvalue weighted by Crippen LogP contribution is 2.23. The Bertz CT molecular complexity index is 738. The van der Waals surface area contributed by atoms with Gasteiger partial charge in [-0.3, -0.25) is 10.1 Å². The molecule has 8 nitrogen and oxygen atoms in total. The molecule has 2 N–H and O–H groups in total. The molecule has 0 saturated carbocycles. The van der Waals surface area contributed by atoms with E-state index in [2.05, 4.69) is 20.8 Å². The quantitative estimate of drug-likeness (QED) is 0.676. The van der Waals surface area contributed by atoms with Crippen LogP contribution in [-0.4, -0.2) is 34.4 Å². The van der Waals surface area contributed by atoms with E-state index in [1.54, 1.807) is 6.92 Å². The van der Waals surface area contributed by atoms with Crippen LogP contribution in [0.4, 0.5) is 9.18 Å². The number of nitrogens with one attached hydrogen (secondary N) is 2. The molecule has 1 atom stereocenters. The van der Waals surface area contributed by atoms with Gasteiger partial charge in [0.05, 0.1) is 5.75 Å². The van der Waals surface area contributed by atoms with Gasteiger partial charge in [-0.15, -0.1) is 10.2 Å². The van der Waals surface area contributed by atoms with Crippen LogP contribution in [0, 0.1) is 5.82 Å². The van der Waals surface area contributed by atoms with Crippen LogP contribution in [0.2, 0.25) is 0 Å². The number of thioether (sulfide) groups is 1. The number of imide groups is 1. The first-order valence-corrected chi connectivity index (χ1v) is 8.92. The van der Waals surface area contributed by atoms with E-state index in [9.17, 15) is 14.0 Å². The number of rotatable bonds is 8. The average molecular weight is 382 g/mol. The minimum atomic E-state index is -0.545. The molecule has 0 fully saturated rings. The largest absolute Gasteiger partial charge is 0.481 e. The van der Waals surface area contributed by atoms with Gasteiger partial charge in [-0.25, -0.2) is 9.18 Å². The van der Waals surface area contributed by atoms with Crippen molar-refractivity contribution in [2.75, 3.05) is 12.3 Å². The topological polar surface area (TPSA) is 106 Å². The maximum Gasteiger partial charge on any atom is 0.321 e. The van der Waals surface area contributed by atoms with Gasteiger partial charge in [-0.2, -0.15) is 0 Å². The molecule has 0 aliphatic heterocycles. The van der Waals surface area contributed by atoms with Gasteiger partial charge in [0.15, 0.2) is 6.10 Å². The number of hydrogen-bond acceptors (Lipinski definition) is 7. The van der Waals surface area contributed by atoms with Crippen molar-refractivity contribution < 1.29 is 23.1 Å². The van der Waals surface area contributed by atoms with Crippen LogP contribution in [0.1, 0.15) is 32.3 Å². The molecule has 2 rings (SSSR count). The summed E-state index contributed by atoms with van der Waals surface area (Å²) in [5.74, 6) is -0.197. The third-order valence-corrected chi connectivity index (χ3v) is 3.83. The number of amides is 3. The Morgan fingerprint density at radius 3 is 2.73 bits per heavy atom. The van der Waals surface area contributed by atoms with Crippen molar-refractivity contribution in [2.45, 2.75) is 31.6 Å². The van der Waals surface area contributed by atoms with Crippen LogP contribution in [-0.2, 0) is 4.79 Å². The Morgan fingerprint density at radius 1 is 1.31 bits per heavy atom. The second-order valence-electron chi connectivity index (χ2n) is 5.21. The Kier molecular flexibility index (Phi) is 7.39. The molecule has 0 bridgehead atoms. The van der Waals surface area contributed by atoms with Crippen LogP contribution < -0.4 is 15.4 Å². The standard InChI is InChI=1S/C16H19FN4O4S/c1-3-8-18-15(23)19-13(22)9-26-16-21-20-14(25-16)10(2)24-12-6-4-11(17)5-7-12/h4-7,10H,3,8-9H2,1-2H3,(H2,18,19,22,23)/t10-/m1/s1. The minimum Gasteiger partial charge on any atom is -0.481 e. The van der Waals surface area contributed by atoms with Crippen molar-refractivity contribution >= 4 is 23.7 Å². The number of carbonyl (C=O) groups excluding carboxylic acids is 2. The zero-order chi connectivity index (χ0) is 18.9. The predicted octanol–water partition coefficient (Wildman–Crippen LogP) is 2.68. The van der Waals surface area contributed by atoms with E-state index in [4.69, 9.17) is 9.15 Å². The van der Waals surface area contributed by atoms with Crippen LogP contribution in [0.15, 0.2) is 33.9 Å². The third kappa shape index (κ3) is 6.36. The summed E-state index contributed by atoms with van der Waals surface area (Å²) in [6.45, 7) is 4.10. The molecule has 10 heteroatoms. The van der Waals surface area contributed by atoms with Crippen molar-refractivity contribution in [1.82, 2.24) is 20.8 Å². The zero-order valence-electron chi connectivity index (χ0n) is 14.3. The van der Waals surface area contributed by atoms with E-state index in [-0.39, 0.29) is 22.7 Å². The third-order valence-electron chi connectivity index (χ3n) is 3.01. The number of urea groups is 1. The van der Waals surface area contributed by atoms with E-state index in [0.717, 1.165) is 18.2 Å². The zero-order valence-corrected chi connectivity index (χ0v) is 15.1. The highest BCUT2D eigenvalue weighted by Gasteiger charge is 2.17. The van der Waals surface area contributed by atoms with E-state index in [1.165, 1.54) is 24.3 Å². The lowest BCUT2D eigenvalue weighted by atomic mass is 10.3. The van der Waals surface area contributed by atoms with Crippen LogP contribution in [0.5, 0.6) is 5.75 Å². The lowest BCUT2D eigenvalue weighted by Gasteiger charge is -2.10. The molecule has 1 heterocycles. The van der Waals surface area contributed by atoms with Crippen molar-refractivity contribution in [1.29, 1.82) is 0 Å². The first-order chi connectivity index (χ1) is 12.5. The van der Waals surface area contributed by atoms with Crippen molar-refractivity contribution in [2.24, 2.45) is 0 Å². The summed E-state index contributed by atoms with van der Waals surface area (Å²) in [6.07, 6.45) is 0.232. The number of halogens is 1. The fraction of sp³-hybridized carbons (Fsp3) is 0.375. The number of nitrogens with zero attached hydrogens (tertiary/aromatic N) is 2. The van der Waals surface area contributed by atoms with E-state index in [1.807, 2.05) is 6.92 Å². The van der Waals surface area contributed by atoms with Crippen LogP contribution in [0.25, 0.3) is 0 Å². The van der Waals surface area contributed by atoms with Gasteiger partial charge in [-0.05, 0) is 37.6 Å². The van der Waals surface area contributed by atoms with Gasteiger partial charge >= 0.3 is 6.03 Å². The molecule has 1 aromatic carbocycles. The van der Waals surface area contributed by atoms with Crippen LogP contribution in [0.3, 0.4) is 0 Å². The fourth-order valence-corrected chi connectivity index (χ4v) is 2.35. The lowest BCUT2D eigenvalue weighted by molar-refractivity contribution is -0.117. The van der Waals surface area contributed by atoms with Gasteiger partial charge in [0, 0.05) is 6.54 Å². The van der Waals surface area contributed by atoms with Crippen LogP contribution >= 0.6 is 11.8 Å². The molecule has 0 aliphatic carbocycles. The average Bonchev–Trinajstić information content (AvgIpc) is 3.09. The normalized spacial score (nSPS) is 11.7. The smallest absolute Gasteiger partial charge is 0.321 e. The maximum atomic E-state index is 12.9. The highest BCUT2D eigenvalue weighted by atomic mass is 32.2.